The molecule has 0 aliphatic carbocycles. The van der Waals surface area contributed by atoms with E-state index in [-0.39, 0.29) is 0 Å². The molecule has 6 heteroatoms. The molecular formula is C20H19N5O. The number of hydrogen-bond acceptors (Lipinski definition) is 5. The average Bonchev–Trinajstić information content (AvgIpc) is 3.07. The van der Waals surface area contributed by atoms with Gasteiger partial charge in [-0.1, -0.05) is 0 Å². The van der Waals surface area contributed by atoms with Crippen LogP contribution in [-0.4, -0.2) is 33.5 Å². The summed E-state index contributed by atoms with van der Waals surface area (Å²) < 4.78 is 7.43. The van der Waals surface area contributed by atoms with Crippen LogP contribution in [0.25, 0.3) is 28.3 Å². The lowest BCUT2D eigenvalue weighted by atomic mass is 10.0. The number of imidazole rings is 1. The number of benzene rings is 1. The summed E-state index contributed by atoms with van der Waals surface area (Å²) >= 11 is 0. The van der Waals surface area contributed by atoms with Crippen molar-refractivity contribution in [2.24, 2.45) is 0 Å². The summed E-state index contributed by atoms with van der Waals surface area (Å²) in [7, 11) is 3.55. The third-order valence-corrected chi connectivity index (χ3v) is 4.32. The van der Waals surface area contributed by atoms with Gasteiger partial charge in [-0.2, -0.15) is 0 Å². The summed E-state index contributed by atoms with van der Waals surface area (Å²) in [4.78, 5) is 13.5. The number of fused-ring (bicyclic) bond motifs is 1. The van der Waals surface area contributed by atoms with Crippen molar-refractivity contribution in [1.29, 1.82) is 0 Å². The molecule has 4 rings (SSSR count). The number of methoxy groups -OCH3 is 1. The van der Waals surface area contributed by atoms with Crippen LogP contribution in [0, 0.1) is 6.92 Å². The summed E-state index contributed by atoms with van der Waals surface area (Å²) in [5, 5.41) is 3.18. The molecule has 0 bridgehead atoms. The molecule has 0 aliphatic heterocycles. The second-order valence-electron chi connectivity index (χ2n) is 5.95. The maximum atomic E-state index is 5.42. The summed E-state index contributed by atoms with van der Waals surface area (Å²) in [6, 6.07) is 12.0. The van der Waals surface area contributed by atoms with Crippen LogP contribution in [0.15, 0.2) is 55.0 Å². The van der Waals surface area contributed by atoms with E-state index in [1.807, 2.05) is 54.9 Å². The van der Waals surface area contributed by atoms with Gasteiger partial charge in [-0.25, -0.2) is 9.97 Å². The molecule has 1 N–H and O–H groups in total. The first-order valence-corrected chi connectivity index (χ1v) is 8.33. The van der Waals surface area contributed by atoms with Crippen LogP contribution in [0.2, 0.25) is 0 Å². The van der Waals surface area contributed by atoms with Crippen molar-refractivity contribution in [2.45, 2.75) is 6.92 Å². The van der Waals surface area contributed by atoms with Gasteiger partial charge >= 0.3 is 0 Å². The molecule has 0 fully saturated rings. The molecule has 6 nitrogen and oxygen atoms in total. The Balaban J connectivity index is 2.01. The Morgan fingerprint density at radius 3 is 2.69 bits per heavy atom. The number of pyridine rings is 1. The molecule has 3 aromatic heterocycles. The van der Waals surface area contributed by atoms with E-state index in [4.69, 9.17) is 9.72 Å². The van der Waals surface area contributed by atoms with Crippen molar-refractivity contribution in [3.05, 3.63) is 60.7 Å². The minimum atomic E-state index is 0.661. The predicted molar refractivity (Wildman–Crippen MR) is 102 cm³/mol. The topological polar surface area (TPSA) is 64.3 Å². The van der Waals surface area contributed by atoms with E-state index in [0.717, 1.165) is 39.6 Å². The number of rotatable bonds is 4. The minimum absolute atomic E-state index is 0.661. The smallest absolute Gasteiger partial charge is 0.234 e. The number of aromatic nitrogens is 4. The molecule has 130 valence electrons. The van der Waals surface area contributed by atoms with Crippen LogP contribution in [0.1, 0.15) is 5.69 Å². The second kappa shape index (κ2) is 6.48. The van der Waals surface area contributed by atoms with Gasteiger partial charge in [0.25, 0.3) is 0 Å². The quantitative estimate of drug-likeness (QED) is 0.609. The third kappa shape index (κ3) is 2.65. The van der Waals surface area contributed by atoms with E-state index < -0.39 is 0 Å². The molecule has 26 heavy (non-hydrogen) atoms. The van der Waals surface area contributed by atoms with Crippen LogP contribution in [0.5, 0.6) is 5.75 Å². The van der Waals surface area contributed by atoms with Crippen LogP contribution >= 0.6 is 0 Å². The van der Waals surface area contributed by atoms with Crippen molar-refractivity contribution < 1.29 is 4.74 Å². The third-order valence-electron chi connectivity index (χ3n) is 4.32. The molecule has 3 heterocycles. The SMILES string of the molecule is CNc1cc(-c2c(-c3ccnc(C)c3)nc3ncccn23)ccc1OC. The lowest BCUT2D eigenvalue weighted by molar-refractivity contribution is 0.416. The standard InChI is InChI=1S/C20H19N5O/c1-13-11-14(7-9-22-13)18-19(25-10-4-8-23-20(25)24-18)15-5-6-17(26-3)16(12-15)21-2/h4-12,21H,1-3H3. The van der Waals surface area contributed by atoms with E-state index in [1.54, 1.807) is 19.5 Å². The fraction of sp³-hybridized carbons (Fsp3) is 0.150. The molecule has 0 atom stereocenters. The zero-order valence-corrected chi connectivity index (χ0v) is 14.9. The van der Waals surface area contributed by atoms with Crippen molar-refractivity contribution in [3.8, 4) is 28.3 Å². The van der Waals surface area contributed by atoms with Crippen molar-refractivity contribution in [1.82, 2.24) is 19.4 Å². The fourth-order valence-corrected chi connectivity index (χ4v) is 3.11. The van der Waals surface area contributed by atoms with Gasteiger partial charge in [-0.3, -0.25) is 9.38 Å². The minimum Gasteiger partial charge on any atom is -0.495 e. The number of anilines is 1. The highest BCUT2D eigenvalue weighted by Crippen LogP contribution is 2.36. The van der Waals surface area contributed by atoms with Gasteiger partial charge < -0.3 is 10.1 Å². The zero-order valence-electron chi connectivity index (χ0n) is 14.9. The summed E-state index contributed by atoms with van der Waals surface area (Å²) in [5.41, 5.74) is 5.77. The molecule has 4 aromatic rings. The Kier molecular flexibility index (Phi) is 4.01. The van der Waals surface area contributed by atoms with E-state index >= 15 is 0 Å². The summed E-state index contributed by atoms with van der Waals surface area (Å²) in [6.45, 7) is 1.98. The summed E-state index contributed by atoms with van der Waals surface area (Å²) in [5.74, 6) is 1.46. The summed E-state index contributed by atoms with van der Waals surface area (Å²) in [6.07, 6.45) is 5.53. The Bertz CT molecular complexity index is 1090. The molecule has 0 saturated heterocycles. The van der Waals surface area contributed by atoms with Gasteiger partial charge in [0, 0.05) is 42.5 Å². The first-order valence-electron chi connectivity index (χ1n) is 8.33. The van der Waals surface area contributed by atoms with Gasteiger partial charge in [0.05, 0.1) is 24.2 Å². The number of hydrogen-bond donors (Lipinski definition) is 1. The molecule has 0 radical (unpaired) electrons. The maximum absolute atomic E-state index is 5.42. The van der Waals surface area contributed by atoms with E-state index in [1.165, 1.54) is 0 Å². The predicted octanol–water partition coefficient (Wildman–Crippen LogP) is 3.82. The maximum Gasteiger partial charge on any atom is 0.234 e. The highest BCUT2D eigenvalue weighted by atomic mass is 16.5. The van der Waals surface area contributed by atoms with E-state index in [0.29, 0.717) is 5.78 Å². The van der Waals surface area contributed by atoms with Crippen LogP contribution < -0.4 is 10.1 Å². The second-order valence-corrected chi connectivity index (χ2v) is 5.95. The van der Waals surface area contributed by atoms with Crippen LogP contribution in [0.4, 0.5) is 5.69 Å². The molecule has 0 aliphatic rings. The number of nitrogens with one attached hydrogen (secondary N) is 1. The Morgan fingerprint density at radius 1 is 1.04 bits per heavy atom. The van der Waals surface area contributed by atoms with E-state index in [9.17, 15) is 0 Å². The molecular weight excluding hydrogens is 326 g/mol. The molecule has 0 amide bonds. The van der Waals surface area contributed by atoms with Gasteiger partial charge in [0.2, 0.25) is 5.78 Å². The van der Waals surface area contributed by atoms with Gasteiger partial charge in [0.15, 0.2) is 0 Å². The molecule has 0 spiro atoms. The van der Waals surface area contributed by atoms with Crippen molar-refractivity contribution in [2.75, 3.05) is 19.5 Å². The van der Waals surface area contributed by atoms with Gasteiger partial charge in [0.1, 0.15) is 5.75 Å². The number of nitrogens with zero attached hydrogens (tertiary/aromatic N) is 4. The lowest BCUT2D eigenvalue weighted by Crippen LogP contribution is -1.96. The Morgan fingerprint density at radius 2 is 1.92 bits per heavy atom. The highest BCUT2D eigenvalue weighted by molar-refractivity contribution is 5.83. The number of aryl methyl sites for hydroxylation is 1. The van der Waals surface area contributed by atoms with Crippen molar-refractivity contribution in [3.63, 3.8) is 0 Å². The van der Waals surface area contributed by atoms with Gasteiger partial charge in [-0.15, -0.1) is 0 Å². The van der Waals surface area contributed by atoms with Crippen LogP contribution in [0.3, 0.4) is 0 Å². The molecule has 0 saturated carbocycles. The first-order chi connectivity index (χ1) is 12.7. The highest BCUT2D eigenvalue weighted by Gasteiger charge is 2.18. The molecule has 1 aromatic carbocycles. The van der Waals surface area contributed by atoms with Crippen molar-refractivity contribution >= 4 is 11.5 Å². The van der Waals surface area contributed by atoms with Crippen LogP contribution in [-0.2, 0) is 0 Å². The van der Waals surface area contributed by atoms with E-state index in [2.05, 4.69) is 21.4 Å². The zero-order chi connectivity index (χ0) is 18.1. The average molecular weight is 345 g/mol. The normalized spacial score (nSPS) is 10.9. The Hall–Kier alpha value is -3.41. The fourth-order valence-electron chi connectivity index (χ4n) is 3.11. The number of ether oxygens (including phenoxy) is 1. The first kappa shape index (κ1) is 16.1. The van der Waals surface area contributed by atoms with Gasteiger partial charge in [-0.05, 0) is 43.3 Å². The lowest BCUT2D eigenvalue weighted by Gasteiger charge is -2.11. The molecule has 0 unspecified atom stereocenters. The monoisotopic (exact) mass is 345 g/mol. The Labute approximate surface area is 151 Å². The largest absolute Gasteiger partial charge is 0.495 e.